The van der Waals surface area contributed by atoms with Gasteiger partial charge >= 0.3 is 0 Å². The zero-order valence-electron chi connectivity index (χ0n) is 9.88. The van der Waals surface area contributed by atoms with E-state index in [1.165, 1.54) is 17.4 Å². The third kappa shape index (κ3) is 3.43. The zero-order valence-corrected chi connectivity index (χ0v) is 10.7. The summed E-state index contributed by atoms with van der Waals surface area (Å²) in [7, 11) is 0. The number of hydrogen-bond acceptors (Lipinski definition) is 4. The number of aromatic nitrogens is 1. The molecule has 1 aromatic carbocycles. The highest BCUT2D eigenvalue weighted by Crippen LogP contribution is 2.16. The second-order valence-corrected chi connectivity index (χ2v) is 5.00. The van der Waals surface area contributed by atoms with Crippen molar-refractivity contribution in [2.24, 2.45) is 0 Å². The molecule has 18 heavy (non-hydrogen) atoms. The molecule has 92 valence electrons. The Balaban J connectivity index is 1.96. The van der Waals surface area contributed by atoms with Crippen molar-refractivity contribution < 1.29 is 4.79 Å². The van der Waals surface area contributed by atoms with Gasteiger partial charge < -0.3 is 5.73 Å². The van der Waals surface area contributed by atoms with Gasteiger partial charge in [-0.2, -0.15) is 0 Å². The van der Waals surface area contributed by atoms with Crippen LogP contribution in [0.15, 0.2) is 36.5 Å². The maximum atomic E-state index is 11.6. The Hall–Kier alpha value is -2.14. The predicted octanol–water partition coefficient (Wildman–Crippen LogP) is 2.69. The first kappa shape index (κ1) is 12.3. The molecule has 0 radical (unpaired) electrons. The van der Waals surface area contributed by atoms with Crippen molar-refractivity contribution in [3.05, 3.63) is 47.0 Å². The Labute approximate surface area is 109 Å². The molecular formula is C13H13N3OS. The molecule has 2 aromatic rings. The third-order valence-corrected chi connectivity index (χ3v) is 3.04. The van der Waals surface area contributed by atoms with E-state index in [2.05, 4.69) is 10.3 Å². The number of nitrogens with zero attached hydrogens (tertiary/aromatic N) is 1. The Morgan fingerprint density at radius 1 is 1.39 bits per heavy atom. The average Bonchev–Trinajstić information content (AvgIpc) is 2.74. The van der Waals surface area contributed by atoms with E-state index in [0.717, 1.165) is 10.4 Å². The number of amides is 1. The quantitative estimate of drug-likeness (QED) is 0.657. The van der Waals surface area contributed by atoms with E-state index in [0.29, 0.717) is 10.8 Å². The summed E-state index contributed by atoms with van der Waals surface area (Å²) in [6, 6.07) is 7.29. The van der Waals surface area contributed by atoms with E-state index in [9.17, 15) is 4.79 Å². The Morgan fingerprint density at radius 3 is 2.72 bits per heavy atom. The van der Waals surface area contributed by atoms with Crippen molar-refractivity contribution in [1.82, 2.24) is 4.98 Å². The fourth-order valence-corrected chi connectivity index (χ4v) is 2.01. The standard InChI is InChI=1S/C13H13N3OS/c1-9-8-15-13(18-9)16-12(17)7-4-10-2-5-11(14)6-3-10/h2-8H,14H2,1H3,(H,15,16,17)/b7-4+. The van der Waals surface area contributed by atoms with Crippen LogP contribution in [0.3, 0.4) is 0 Å². The molecule has 0 saturated heterocycles. The molecule has 0 aliphatic carbocycles. The number of benzene rings is 1. The highest BCUT2D eigenvalue weighted by atomic mass is 32.1. The highest BCUT2D eigenvalue weighted by molar-refractivity contribution is 7.15. The van der Waals surface area contributed by atoms with Gasteiger partial charge in [0.05, 0.1) is 0 Å². The molecule has 2 rings (SSSR count). The summed E-state index contributed by atoms with van der Waals surface area (Å²) in [6.45, 7) is 1.94. The molecule has 4 nitrogen and oxygen atoms in total. The number of hydrogen-bond donors (Lipinski definition) is 2. The van der Waals surface area contributed by atoms with Crippen LogP contribution in [0.5, 0.6) is 0 Å². The molecule has 0 aliphatic rings. The minimum absolute atomic E-state index is 0.193. The summed E-state index contributed by atoms with van der Waals surface area (Å²) in [5, 5.41) is 3.31. The van der Waals surface area contributed by atoms with Crippen LogP contribution in [0.1, 0.15) is 10.4 Å². The molecule has 1 amide bonds. The van der Waals surface area contributed by atoms with Gasteiger partial charge in [-0.1, -0.05) is 12.1 Å². The van der Waals surface area contributed by atoms with Crippen molar-refractivity contribution in [2.75, 3.05) is 11.1 Å². The average molecular weight is 259 g/mol. The molecule has 5 heteroatoms. The summed E-state index contributed by atoms with van der Waals surface area (Å²) in [5.41, 5.74) is 7.21. The van der Waals surface area contributed by atoms with Crippen molar-refractivity contribution in [2.45, 2.75) is 6.92 Å². The SMILES string of the molecule is Cc1cnc(NC(=O)/C=C/c2ccc(N)cc2)s1. The molecule has 1 aromatic heterocycles. The lowest BCUT2D eigenvalue weighted by molar-refractivity contribution is -0.111. The second-order valence-electron chi connectivity index (χ2n) is 3.77. The molecule has 0 aliphatic heterocycles. The Bertz CT molecular complexity index is 572. The lowest BCUT2D eigenvalue weighted by Gasteiger charge is -1.96. The molecule has 0 atom stereocenters. The maximum Gasteiger partial charge on any atom is 0.250 e. The lowest BCUT2D eigenvalue weighted by atomic mass is 10.2. The van der Waals surface area contributed by atoms with Crippen molar-refractivity contribution in [3.63, 3.8) is 0 Å². The first-order valence-electron chi connectivity index (χ1n) is 5.40. The van der Waals surface area contributed by atoms with Gasteiger partial charge in [-0.3, -0.25) is 10.1 Å². The summed E-state index contributed by atoms with van der Waals surface area (Å²) >= 11 is 1.45. The minimum Gasteiger partial charge on any atom is -0.399 e. The smallest absolute Gasteiger partial charge is 0.250 e. The van der Waals surface area contributed by atoms with E-state index in [4.69, 9.17) is 5.73 Å². The number of carbonyl (C=O) groups is 1. The largest absolute Gasteiger partial charge is 0.399 e. The van der Waals surface area contributed by atoms with E-state index in [1.807, 2.05) is 19.1 Å². The molecule has 0 spiro atoms. The van der Waals surface area contributed by atoms with E-state index in [-0.39, 0.29) is 5.91 Å². The van der Waals surface area contributed by atoms with Crippen LogP contribution in [0.2, 0.25) is 0 Å². The fourth-order valence-electron chi connectivity index (χ4n) is 1.34. The van der Waals surface area contributed by atoms with Crippen LogP contribution < -0.4 is 11.1 Å². The van der Waals surface area contributed by atoms with Gasteiger partial charge in [-0.15, -0.1) is 11.3 Å². The number of rotatable bonds is 3. The second kappa shape index (κ2) is 5.46. The van der Waals surface area contributed by atoms with Gasteiger partial charge in [0.15, 0.2) is 5.13 Å². The Kier molecular flexibility index (Phi) is 3.74. The Morgan fingerprint density at radius 2 is 2.11 bits per heavy atom. The molecule has 0 fully saturated rings. The number of nitrogens with two attached hydrogens (primary N) is 1. The summed E-state index contributed by atoms with van der Waals surface area (Å²) in [5.74, 6) is -0.193. The van der Waals surface area contributed by atoms with Crippen LogP contribution in [0, 0.1) is 6.92 Å². The molecule has 0 unspecified atom stereocenters. The topological polar surface area (TPSA) is 68.0 Å². The molecule has 0 saturated carbocycles. The van der Waals surface area contributed by atoms with Crippen LogP contribution in [0.25, 0.3) is 6.08 Å². The monoisotopic (exact) mass is 259 g/mol. The summed E-state index contributed by atoms with van der Waals surface area (Å²) in [6.07, 6.45) is 4.93. The van der Waals surface area contributed by atoms with Crippen molar-refractivity contribution in [1.29, 1.82) is 0 Å². The number of anilines is 2. The van der Waals surface area contributed by atoms with Gasteiger partial charge in [0.1, 0.15) is 0 Å². The molecule has 0 bridgehead atoms. The minimum atomic E-state index is -0.193. The van der Waals surface area contributed by atoms with Crippen molar-refractivity contribution in [3.8, 4) is 0 Å². The van der Waals surface area contributed by atoms with Gasteiger partial charge in [0, 0.05) is 22.8 Å². The number of aryl methyl sites for hydroxylation is 1. The third-order valence-electron chi connectivity index (χ3n) is 2.22. The first-order valence-corrected chi connectivity index (χ1v) is 6.22. The zero-order chi connectivity index (χ0) is 13.0. The van der Waals surface area contributed by atoms with Crippen molar-refractivity contribution >= 4 is 34.1 Å². The number of thiazole rings is 1. The molecular weight excluding hydrogens is 246 g/mol. The van der Waals surface area contributed by atoms with Crippen LogP contribution in [-0.4, -0.2) is 10.9 Å². The van der Waals surface area contributed by atoms with Crippen LogP contribution >= 0.6 is 11.3 Å². The molecule has 1 heterocycles. The van der Waals surface area contributed by atoms with E-state index >= 15 is 0 Å². The number of nitrogens with one attached hydrogen (secondary N) is 1. The van der Waals surface area contributed by atoms with Gasteiger partial charge in [-0.05, 0) is 30.7 Å². The number of carbonyl (C=O) groups excluding carboxylic acids is 1. The van der Waals surface area contributed by atoms with E-state index in [1.54, 1.807) is 24.4 Å². The fraction of sp³-hybridized carbons (Fsp3) is 0.0769. The predicted molar refractivity (Wildman–Crippen MR) is 75.4 cm³/mol. The lowest BCUT2D eigenvalue weighted by Crippen LogP contribution is -2.07. The maximum absolute atomic E-state index is 11.6. The van der Waals surface area contributed by atoms with Gasteiger partial charge in [0.25, 0.3) is 0 Å². The van der Waals surface area contributed by atoms with Crippen LogP contribution in [0.4, 0.5) is 10.8 Å². The number of nitrogen functional groups attached to an aromatic ring is 1. The molecule has 3 N–H and O–H groups in total. The van der Waals surface area contributed by atoms with Gasteiger partial charge in [-0.25, -0.2) is 4.98 Å². The van der Waals surface area contributed by atoms with Crippen LogP contribution in [-0.2, 0) is 4.79 Å². The highest BCUT2D eigenvalue weighted by Gasteiger charge is 2.01. The first-order chi connectivity index (χ1) is 8.63. The normalized spacial score (nSPS) is 10.7. The summed E-state index contributed by atoms with van der Waals surface area (Å²) in [4.78, 5) is 16.7. The summed E-state index contributed by atoms with van der Waals surface area (Å²) < 4.78 is 0. The van der Waals surface area contributed by atoms with Gasteiger partial charge in [0.2, 0.25) is 5.91 Å². The van der Waals surface area contributed by atoms with E-state index < -0.39 is 0 Å².